The van der Waals surface area contributed by atoms with Gasteiger partial charge >= 0.3 is 0 Å². The summed E-state index contributed by atoms with van der Waals surface area (Å²) in [4.78, 5) is 0. The Morgan fingerprint density at radius 2 is 1.88 bits per heavy atom. The number of aliphatic hydroxyl groups excluding tert-OH is 1. The molecule has 1 aromatic rings. The maximum absolute atomic E-state index is 9.34. The molecule has 0 saturated heterocycles. The molecule has 2 N–H and O–H groups in total. The third kappa shape index (κ3) is 5.82. The summed E-state index contributed by atoms with van der Waals surface area (Å²) in [5.41, 5.74) is 0.995. The van der Waals surface area contributed by atoms with E-state index in [1.807, 2.05) is 51.1 Å². The molecule has 0 aliphatic rings. The summed E-state index contributed by atoms with van der Waals surface area (Å²) < 4.78 is 5.62. The molecule has 1 atom stereocenters. The van der Waals surface area contributed by atoms with Crippen molar-refractivity contribution in [3.63, 3.8) is 0 Å². The molecular weight excluding hydrogens is 214 g/mol. The van der Waals surface area contributed by atoms with E-state index in [4.69, 9.17) is 4.74 Å². The number of nitrogens with one attached hydrogen (secondary N) is 1. The Bertz CT molecular complexity index is 306. The first-order valence-electron chi connectivity index (χ1n) is 6.06. The number of rotatable bonds is 6. The van der Waals surface area contributed by atoms with Gasteiger partial charge in [-0.15, -0.1) is 0 Å². The van der Waals surface area contributed by atoms with Crippen molar-refractivity contribution in [2.45, 2.75) is 32.4 Å². The lowest BCUT2D eigenvalue weighted by molar-refractivity contribution is -0.00217. The zero-order valence-electron chi connectivity index (χ0n) is 10.9. The second-order valence-corrected chi connectivity index (χ2v) is 5.06. The van der Waals surface area contributed by atoms with Crippen LogP contribution in [-0.4, -0.2) is 30.5 Å². The van der Waals surface area contributed by atoms with Crippen LogP contribution in [-0.2, 0) is 4.74 Å². The fourth-order valence-electron chi connectivity index (χ4n) is 1.56. The number of aliphatic hydroxyl groups is 1. The van der Waals surface area contributed by atoms with E-state index in [0.717, 1.165) is 12.1 Å². The lowest BCUT2D eigenvalue weighted by Gasteiger charge is -2.21. The highest BCUT2D eigenvalue weighted by molar-refractivity contribution is 5.18. The molecule has 0 saturated carbocycles. The molecule has 0 heterocycles. The maximum Gasteiger partial charge on any atom is 0.0626 e. The summed E-state index contributed by atoms with van der Waals surface area (Å²) in [6.45, 7) is 7.58. The number of benzene rings is 1. The molecule has 0 radical (unpaired) electrons. The van der Waals surface area contributed by atoms with Crippen LogP contribution in [0.4, 0.5) is 0 Å². The monoisotopic (exact) mass is 237 g/mol. The predicted molar refractivity (Wildman–Crippen MR) is 70.0 cm³/mol. The van der Waals surface area contributed by atoms with Crippen LogP contribution < -0.4 is 5.32 Å². The van der Waals surface area contributed by atoms with Gasteiger partial charge in [0.15, 0.2) is 0 Å². The number of hydrogen-bond acceptors (Lipinski definition) is 3. The van der Waals surface area contributed by atoms with Crippen molar-refractivity contribution in [1.29, 1.82) is 0 Å². The second kappa shape index (κ2) is 6.74. The molecule has 0 aromatic heterocycles. The highest BCUT2D eigenvalue weighted by atomic mass is 16.5. The predicted octanol–water partition coefficient (Wildman–Crippen LogP) is 2.12. The van der Waals surface area contributed by atoms with E-state index in [1.165, 1.54) is 0 Å². The molecule has 3 nitrogen and oxygen atoms in total. The molecule has 0 amide bonds. The van der Waals surface area contributed by atoms with Crippen LogP contribution in [0.3, 0.4) is 0 Å². The Kier molecular flexibility index (Phi) is 5.62. The first-order valence-corrected chi connectivity index (χ1v) is 6.06. The van der Waals surface area contributed by atoms with Crippen molar-refractivity contribution in [3.8, 4) is 0 Å². The van der Waals surface area contributed by atoms with Crippen molar-refractivity contribution < 1.29 is 9.84 Å². The van der Waals surface area contributed by atoms with Crippen LogP contribution in [0.5, 0.6) is 0 Å². The molecular formula is C14H23NO2. The van der Waals surface area contributed by atoms with Gasteiger partial charge in [-0.2, -0.15) is 0 Å². The van der Waals surface area contributed by atoms with Gasteiger partial charge in [0.25, 0.3) is 0 Å². The van der Waals surface area contributed by atoms with Crippen molar-refractivity contribution in [3.05, 3.63) is 35.9 Å². The summed E-state index contributed by atoms with van der Waals surface area (Å²) in [7, 11) is 0. The lowest BCUT2D eigenvalue weighted by Crippen LogP contribution is -2.30. The minimum absolute atomic E-state index is 0.0141. The fourth-order valence-corrected chi connectivity index (χ4v) is 1.56. The Morgan fingerprint density at radius 3 is 2.41 bits per heavy atom. The minimum atomic E-state index is -0.108. The Morgan fingerprint density at radius 1 is 1.24 bits per heavy atom. The molecule has 0 fully saturated rings. The van der Waals surface area contributed by atoms with E-state index in [-0.39, 0.29) is 18.2 Å². The molecule has 0 aliphatic heterocycles. The average Bonchev–Trinajstić information content (AvgIpc) is 2.29. The van der Waals surface area contributed by atoms with Crippen LogP contribution in [0.15, 0.2) is 30.3 Å². The maximum atomic E-state index is 9.34. The Hall–Kier alpha value is -0.900. The Labute approximate surface area is 104 Å². The van der Waals surface area contributed by atoms with Gasteiger partial charge in [0.2, 0.25) is 0 Å². The van der Waals surface area contributed by atoms with E-state index < -0.39 is 0 Å². The quantitative estimate of drug-likeness (QED) is 0.745. The van der Waals surface area contributed by atoms with Gasteiger partial charge < -0.3 is 15.2 Å². The lowest BCUT2D eigenvalue weighted by atomic mass is 10.1. The first kappa shape index (κ1) is 14.2. The summed E-state index contributed by atoms with van der Waals surface area (Å²) in [6, 6.07) is 9.94. The summed E-state index contributed by atoms with van der Waals surface area (Å²) in [5.74, 6) is 0. The van der Waals surface area contributed by atoms with E-state index in [0.29, 0.717) is 6.61 Å². The van der Waals surface area contributed by atoms with Crippen molar-refractivity contribution in [1.82, 2.24) is 5.32 Å². The summed E-state index contributed by atoms with van der Waals surface area (Å²) in [5, 5.41) is 12.6. The smallest absolute Gasteiger partial charge is 0.0626 e. The van der Waals surface area contributed by atoms with Gasteiger partial charge in [-0.1, -0.05) is 30.3 Å². The van der Waals surface area contributed by atoms with Crippen LogP contribution in [0.2, 0.25) is 0 Å². The van der Waals surface area contributed by atoms with Crippen molar-refractivity contribution in [2.75, 3.05) is 19.8 Å². The highest BCUT2D eigenvalue weighted by Crippen LogP contribution is 2.11. The molecule has 0 bridgehead atoms. The van der Waals surface area contributed by atoms with Gasteiger partial charge in [0.1, 0.15) is 0 Å². The second-order valence-electron chi connectivity index (χ2n) is 5.06. The average molecular weight is 237 g/mol. The normalized spacial score (nSPS) is 13.6. The SMILES string of the molecule is CC(C)(C)OCCNC(CO)c1ccccc1. The number of ether oxygens (including phenoxy) is 1. The summed E-state index contributed by atoms with van der Waals surface area (Å²) in [6.07, 6.45) is 0. The molecule has 96 valence electrons. The largest absolute Gasteiger partial charge is 0.394 e. The van der Waals surface area contributed by atoms with Gasteiger partial charge in [-0.05, 0) is 26.3 Å². The van der Waals surface area contributed by atoms with Crippen molar-refractivity contribution >= 4 is 0 Å². The fraction of sp³-hybridized carbons (Fsp3) is 0.571. The first-order chi connectivity index (χ1) is 8.03. The molecule has 3 heteroatoms. The molecule has 1 rings (SSSR count). The van der Waals surface area contributed by atoms with Crippen LogP contribution in [0.25, 0.3) is 0 Å². The zero-order chi connectivity index (χ0) is 12.7. The number of hydrogen-bond donors (Lipinski definition) is 2. The molecule has 0 spiro atoms. The highest BCUT2D eigenvalue weighted by Gasteiger charge is 2.11. The minimum Gasteiger partial charge on any atom is -0.394 e. The third-order valence-electron chi connectivity index (χ3n) is 2.41. The molecule has 1 unspecified atom stereocenters. The van der Waals surface area contributed by atoms with E-state index in [2.05, 4.69) is 5.32 Å². The zero-order valence-corrected chi connectivity index (χ0v) is 10.9. The van der Waals surface area contributed by atoms with Gasteiger partial charge in [0.05, 0.1) is 24.9 Å². The van der Waals surface area contributed by atoms with Crippen molar-refractivity contribution in [2.24, 2.45) is 0 Å². The van der Waals surface area contributed by atoms with Crippen LogP contribution >= 0.6 is 0 Å². The van der Waals surface area contributed by atoms with Crippen LogP contribution in [0.1, 0.15) is 32.4 Å². The third-order valence-corrected chi connectivity index (χ3v) is 2.41. The Balaban J connectivity index is 2.34. The van der Waals surface area contributed by atoms with Gasteiger partial charge in [0, 0.05) is 6.54 Å². The summed E-state index contributed by atoms with van der Waals surface area (Å²) >= 11 is 0. The van der Waals surface area contributed by atoms with Gasteiger partial charge in [-0.25, -0.2) is 0 Å². The molecule has 1 aromatic carbocycles. The van der Waals surface area contributed by atoms with Gasteiger partial charge in [-0.3, -0.25) is 0 Å². The standard InChI is InChI=1S/C14H23NO2/c1-14(2,3)17-10-9-15-13(11-16)12-7-5-4-6-8-12/h4-8,13,15-16H,9-11H2,1-3H3. The topological polar surface area (TPSA) is 41.5 Å². The molecule has 0 aliphatic carbocycles. The molecule has 17 heavy (non-hydrogen) atoms. The van der Waals surface area contributed by atoms with E-state index in [1.54, 1.807) is 0 Å². The van der Waals surface area contributed by atoms with Crippen LogP contribution in [0, 0.1) is 0 Å². The van der Waals surface area contributed by atoms with E-state index >= 15 is 0 Å². The van der Waals surface area contributed by atoms with E-state index in [9.17, 15) is 5.11 Å².